The van der Waals surface area contributed by atoms with Crippen LogP contribution in [0.2, 0.25) is 0 Å². The van der Waals surface area contributed by atoms with Crippen molar-refractivity contribution in [2.75, 3.05) is 26.2 Å². The number of aliphatic imine (C=N–C) groups is 1. The molecular formula is C20H31N7O. The maximum Gasteiger partial charge on any atom is 0.191 e. The molecule has 2 aromatic heterocycles. The van der Waals surface area contributed by atoms with Gasteiger partial charge in [-0.05, 0) is 51.4 Å². The van der Waals surface area contributed by atoms with E-state index in [4.69, 9.17) is 9.41 Å². The highest BCUT2D eigenvalue weighted by Gasteiger charge is 2.24. The molecule has 2 N–H and O–H groups in total. The van der Waals surface area contributed by atoms with E-state index in [0.29, 0.717) is 6.54 Å². The molecule has 2 aromatic rings. The van der Waals surface area contributed by atoms with Gasteiger partial charge in [-0.1, -0.05) is 6.42 Å². The quantitative estimate of drug-likeness (QED) is 0.561. The van der Waals surface area contributed by atoms with E-state index in [2.05, 4.69) is 43.3 Å². The van der Waals surface area contributed by atoms with Gasteiger partial charge in [0.25, 0.3) is 0 Å². The monoisotopic (exact) mass is 385 g/mol. The maximum atomic E-state index is 5.75. The van der Waals surface area contributed by atoms with E-state index >= 15 is 0 Å². The van der Waals surface area contributed by atoms with Gasteiger partial charge in [-0.3, -0.25) is 4.90 Å². The van der Waals surface area contributed by atoms with Crippen molar-refractivity contribution in [1.29, 1.82) is 0 Å². The fourth-order valence-electron chi connectivity index (χ4n) is 4.13. The van der Waals surface area contributed by atoms with E-state index in [-0.39, 0.29) is 6.04 Å². The van der Waals surface area contributed by atoms with Gasteiger partial charge in [-0.15, -0.1) is 10.2 Å². The van der Waals surface area contributed by atoms with Crippen molar-refractivity contribution in [3.8, 4) is 0 Å². The first-order chi connectivity index (χ1) is 13.8. The molecule has 0 aliphatic carbocycles. The summed E-state index contributed by atoms with van der Waals surface area (Å²) in [5, 5.41) is 15.4. The van der Waals surface area contributed by atoms with Crippen LogP contribution in [0, 0.1) is 0 Å². The second-order valence-corrected chi connectivity index (χ2v) is 7.49. The number of nitrogens with one attached hydrogen (secondary N) is 2. The molecule has 4 heterocycles. The van der Waals surface area contributed by atoms with Crippen LogP contribution in [0.3, 0.4) is 0 Å². The average molecular weight is 386 g/mol. The molecule has 1 unspecified atom stereocenters. The van der Waals surface area contributed by atoms with Crippen molar-refractivity contribution in [3.05, 3.63) is 35.8 Å². The molecule has 2 aliphatic heterocycles. The molecule has 152 valence electrons. The van der Waals surface area contributed by atoms with Crippen molar-refractivity contribution in [2.45, 2.75) is 58.2 Å². The Morgan fingerprint density at radius 1 is 1.18 bits per heavy atom. The molecule has 0 amide bonds. The predicted molar refractivity (Wildman–Crippen MR) is 108 cm³/mol. The fraction of sp³-hybridized carbons (Fsp3) is 0.650. The number of likely N-dealkylation sites (tertiary alicyclic amines) is 1. The summed E-state index contributed by atoms with van der Waals surface area (Å²) in [7, 11) is 0. The Labute approximate surface area is 166 Å². The third-order valence-electron chi connectivity index (χ3n) is 5.57. The standard InChI is InChI=1S/C20H31N7O/c1-2-21-20(23-15-19-25-24-18-9-6-12-27(18)19)22-14-16(17-8-7-13-28-17)26-10-4-3-5-11-26/h7-8,13,16H,2-6,9-12,14-15H2,1H3,(H2,21,22,23). The van der Waals surface area contributed by atoms with Crippen LogP contribution in [-0.4, -0.2) is 51.8 Å². The van der Waals surface area contributed by atoms with Gasteiger partial charge in [0, 0.05) is 26.1 Å². The fourth-order valence-corrected chi connectivity index (χ4v) is 4.13. The third-order valence-corrected chi connectivity index (χ3v) is 5.57. The van der Waals surface area contributed by atoms with E-state index in [1.165, 1.54) is 19.3 Å². The number of aromatic nitrogens is 3. The molecule has 1 saturated heterocycles. The molecule has 0 aromatic carbocycles. The molecule has 0 radical (unpaired) electrons. The zero-order valence-electron chi connectivity index (χ0n) is 16.7. The van der Waals surface area contributed by atoms with E-state index in [1.54, 1.807) is 6.26 Å². The second kappa shape index (κ2) is 9.23. The van der Waals surface area contributed by atoms with Gasteiger partial charge in [0.05, 0.1) is 12.3 Å². The minimum Gasteiger partial charge on any atom is -0.468 e. The lowest BCUT2D eigenvalue weighted by molar-refractivity contribution is 0.146. The van der Waals surface area contributed by atoms with Crippen LogP contribution in [0.15, 0.2) is 27.8 Å². The van der Waals surface area contributed by atoms with Gasteiger partial charge >= 0.3 is 0 Å². The minimum absolute atomic E-state index is 0.219. The van der Waals surface area contributed by atoms with Crippen molar-refractivity contribution in [3.63, 3.8) is 0 Å². The smallest absolute Gasteiger partial charge is 0.191 e. The SMILES string of the molecule is CCNC(=NCc1nnc2n1CCC2)NCC(c1ccco1)N1CCCCC1. The van der Waals surface area contributed by atoms with Crippen LogP contribution in [-0.2, 0) is 19.5 Å². The highest BCUT2D eigenvalue weighted by Crippen LogP contribution is 2.24. The zero-order chi connectivity index (χ0) is 19.2. The van der Waals surface area contributed by atoms with Gasteiger partial charge in [-0.2, -0.15) is 0 Å². The Morgan fingerprint density at radius 3 is 2.86 bits per heavy atom. The summed E-state index contributed by atoms with van der Waals surface area (Å²) in [5.74, 6) is 3.86. The molecule has 0 spiro atoms. The van der Waals surface area contributed by atoms with Crippen molar-refractivity contribution >= 4 is 5.96 Å². The van der Waals surface area contributed by atoms with Gasteiger partial charge in [0.2, 0.25) is 0 Å². The van der Waals surface area contributed by atoms with Crippen LogP contribution in [0.1, 0.15) is 56.1 Å². The number of furan rings is 1. The highest BCUT2D eigenvalue weighted by molar-refractivity contribution is 5.79. The molecule has 8 heteroatoms. The number of fused-ring (bicyclic) bond motifs is 1. The Kier molecular flexibility index (Phi) is 6.26. The van der Waals surface area contributed by atoms with Gasteiger partial charge < -0.3 is 19.6 Å². The summed E-state index contributed by atoms with van der Waals surface area (Å²) in [6.45, 7) is 7.44. The number of guanidine groups is 1. The van der Waals surface area contributed by atoms with Crippen LogP contribution >= 0.6 is 0 Å². The van der Waals surface area contributed by atoms with E-state index in [1.807, 2.05) is 6.07 Å². The first-order valence-corrected chi connectivity index (χ1v) is 10.6. The summed E-state index contributed by atoms with van der Waals surface area (Å²) in [5.41, 5.74) is 0. The normalized spacial score (nSPS) is 18.8. The van der Waals surface area contributed by atoms with Crippen LogP contribution < -0.4 is 10.6 Å². The Morgan fingerprint density at radius 2 is 2.07 bits per heavy atom. The molecule has 0 bridgehead atoms. The average Bonchev–Trinajstić information content (AvgIpc) is 3.46. The van der Waals surface area contributed by atoms with Gasteiger partial charge in [0.1, 0.15) is 18.1 Å². The van der Waals surface area contributed by atoms with Crippen molar-refractivity contribution in [2.24, 2.45) is 4.99 Å². The molecule has 28 heavy (non-hydrogen) atoms. The first kappa shape index (κ1) is 19.0. The lowest BCUT2D eigenvalue weighted by Crippen LogP contribution is -2.44. The summed E-state index contributed by atoms with van der Waals surface area (Å²) in [4.78, 5) is 7.27. The number of hydrogen-bond acceptors (Lipinski definition) is 5. The molecule has 0 saturated carbocycles. The minimum atomic E-state index is 0.219. The predicted octanol–water partition coefficient (Wildman–Crippen LogP) is 2.10. The van der Waals surface area contributed by atoms with Crippen molar-refractivity contribution < 1.29 is 4.42 Å². The maximum absolute atomic E-state index is 5.75. The number of hydrogen-bond donors (Lipinski definition) is 2. The molecular weight excluding hydrogens is 354 g/mol. The van der Waals surface area contributed by atoms with E-state index in [0.717, 1.165) is 68.9 Å². The van der Waals surface area contributed by atoms with Crippen molar-refractivity contribution in [1.82, 2.24) is 30.3 Å². The lowest BCUT2D eigenvalue weighted by atomic mass is 10.1. The molecule has 8 nitrogen and oxygen atoms in total. The van der Waals surface area contributed by atoms with E-state index < -0.39 is 0 Å². The Balaban J connectivity index is 1.42. The number of rotatable bonds is 7. The largest absolute Gasteiger partial charge is 0.468 e. The zero-order valence-corrected chi connectivity index (χ0v) is 16.7. The third kappa shape index (κ3) is 4.38. The summed E-state index contributed by atoms with van der Waals surface area (Å²) < 4.78 is 7.95. The summed E-state index contributed by atoms with van der Waals surface area (Å²) >= 11 is 0. The molecule has 4 rings (SSSR count). The van der Waals surface area contributed by atoms with Crippen LogP contribution in [0.4, 0.5) is 0 Å². The van der Waals surface area contributed by atoms with Crippen LogP contribution in [0.25, 0.3) is 0 Å². The molecule has 1 atom stereocenters. The number of piperidine rings is 1. The Bertz CT molecular complexity index is 762. The topological polar surface area (TPSA) is 83.5 Å². The lowest BCUT2D eigenvalue weighted by Gasteiger charge is -2.33. The summed E-state index contributed by atoms with van der Waals surface area (Å²) in [6.07, 6.45) is 7.77. The second-order valence-electron chi connectivity index (χ2n) is 7.49. The summed E-state index contributed by atoms with van der Waals surface area (Å²) in [6, 6.07) is 4.26. The molecule has 1 fully saturated rings. The number of nitrogens with zero attached hydrogens (tertiary/aromatic N) is 5. The number of aryl methyl sites for hydroxylation is 1. The highest BCUT2D eigenvalue weighted by atomic mass is 16.3. The van der Waals surface area contributed by atoms with E-state index in [9.17, 15) is 0 Å². The van der Waals surface area contributed by atoms with Gasteiger partial charge in [0.15, 0.2) is 11.8 Å². The first-order valence-electron chi connectivity index (χ1n) is 10.6. The van der Waals surface area contributed by atoms with Crippen LogP contribution in [0.5, 0.6) is 0 Å². The Hall–Kier alpha value is -2.35. The van der Waals surface area contributed by atoms with Gasteiger partial charge in [-0.25, -0.2) is 4.99 Å². The molecule has 2 aliphatic rings.